The van der Waals surface area contributed by atoms with Crippen molar-refractivity contribution >= 4 is 24.3 Å². The van der Waals surface area contributed by atoms with E-state index in [2.05, 4.69) is 0 Å². The van der Waals surface area contributed by atoms with E-state index < -0.39 is 23.8 Å². The first-order valence-electron chi connectivity index (χ1n) is 3.88. The third-order valence-corrected chi connectivity index (χ3v) is 1.68. The van der Waals surface area contributed by atoms with E-state index >= 15 is 0 Å². The molecule has 0 aliphatic rings. The third-order valence-electron chi connectivity index (χ3n) is 1.68. The second-order valence-electron chi connectivity index (χ2n) is 2.67. The molecule has 0 saturated heterocycles. The van der Waals surface area contributed by atoms with Crippen LogP contribution in [0.5, 0.6) is 0 Å². The van der Waals surface area contributed by atoms with Crippen LogP contribution in [-0.2, 0) is 14.4 Å². The fraction of sp³-hybridized carbons (Fsp3) is 0.429. The minimum Gasteiger partial charge on any atom is -0.369 e. The lowest BCUT2D eigenvalue weighted by atomic mass is 10.1. The van der Waals surface area contributed by atoms with Crippen LogP contribution in [0.1, 0.15) is 0 Å². The predicted octanol–water partition coefficient (Wildman–Crippen LogP) is -2.72. The fourth-order valence-electron chi connectivity index (χ4n) is 0.796. The molecule has 0 bridgehead atoms. The number of imide groups is 1. The molecule has 0 heterocycles. The standard InChI is InChI=1S/C7H11N4O4/c1-11(7(9)15)6(14)4(5(8)13)2-10-3-12/h4H,2H2,1H3,(H2,8,13)(H2,9,15)(H,10,12). The molecule has 0 aliphatic heterocycles. The van der Waals surface area contributed by atoms with Gasteiger partial charge in [0, 0.05) is 13.6 Å². The molecule has 0 saturated carbocycles. The molecule has 5 N–H and O–H groups in total. The van der Waals surface area contributed by atoms with E-state index in [0.717, 1.165) is 7.05 Å². The number of nitrogens with one attached hydrogen (secondary N) is 1. The van der Waals surface area contributed by atoms with Crippen molar-refractivity contribution in [2.24, 2.45) is 17.4 Å². The summed E-state index contributed by atoms with van der Waals surface area (Å²) in [4.78, 5) is 43.2. The van der Waals surface area contributed by atoms with Crippen LogP contribution in [0.3, 0.4) is 0 Å². The van der Waals surface area contributed by atoms with Crippen LogP contribution in [0.4, 0.5) is 4.79 Å². The molecule has 0 spiro atoms. The van der Waals surface area contributed by atoms with Crippen molar-refractivity contribution in [3.05, 3.63) is 0 Å². The van der Waals surface area contributed by atoms with Gasteiger partial charge in [-0.15, -0.1) is 0 Å². The Labute approximate surface area is 85.6 Å². The maximum atomic E-state index is 11.4. The van der Waals surface area contributed by atoms with Crippen molar-refractivity contribution in [1.82, 2.24) is 10.2 Å². The molecule has 5 amide bonds. The summed E-state index contributed by atoms with van der Waals surface area (Å²) in [5, 5.41) is 2.00. The van der Waals surface area contributed by atoms with Crippen LogP contribution in [0.25, 0.3) is 0 Å². The predicted molar refractivity (Wildman–Crippen MR) is 48.7 cm³/mol. The van der Waals surface area contributed by atoms with Crippen LogP contribution in [-0.4, -0.2) is 42.7 Å². The first kappa shape index (κ1) is 12.9. The Morgan fingerprint density at radius 2 is 1.93 bits per heavy atom. The van der Waals surface area contributed by atoms with Gasteiger partial charge in [0.2, 0.25) is 11.8 Å². The number of carbonyl (C=O) groups is 3. The highest BCUT2D eigenvalue weighted by Gasteiger charge is 2.29. The minimum atomic E-state index is -1.33. The van der Waals surface area contributed by atoms with Crippen LogP contribution >= 0.6 is 0 Å². The number of urea groups is 1. The molecule has 8 nitrogen and oxygen atoms in total. The van der Waals surface area contributed by atoms with Gasteiger partial charge >= 0.3 is 12.4 Å². The van der Waals surface area contributed by atoms with Crippen LogP contribution in [0.15, 0.2) is 0 Å². The molecule has 0 aromatic heterocycles. The van der Waals surface area contributed by atoms with Gasteiger partial charge in [-0.3, -0.25) is 19.3 Å². The highest BCUT2D eigenvalue weighted by Crippen LogP contribution is 1.99. The van der Waals surface area contributed by atoms with Gasteiger partial charge in [0.05, 0.1) is 0 Å². The first-order valence-corrected chi connectivity index (χ1v) is 3.88. The van der Waals surface area contributed by atoms with Gasteiger partial charge in [0.1, 0.15) is 5.92 Å². The molecule has 15 heavy (non-hydrogen) atoms. The number of rotatable bonds is 5. The topological polar surface area (TPSA) is 136 Å². The Balaban J connectivity index is 4.62. The van der Waals surface area contributed by atoms with Crippen LogP contribution in [0.2, 0.25) is 0 Å². The summed E-state index contributed by atoms with van der Waals surface area (Å²) in [5.41, 5.74) is 9.73. The lowest BCUT2D eigenvalue weighted by molar-refractivity contribution is -0.137. The van der Waals surface area contributed by atoms with Crippen molar-refractivity contribution in [2.45, 2.75) is 0 Å². The molecule has 1 atom stereocenters. The average Bonchev–Trinajstić information content (AvgIpc) is 2.16. The molecule has 83 valence electrons. The molecule has 0 aromatic rings. The van der Waals surface area contributed by atoms with E-state index in [1.54, 1.807) is 0 Å². The Morgan fingerprint density at radius 1 is 1.40 bits per heavy atom. The number of nitrogens with two attached hydrogens (primary N) is 2. The Hall–Kier alpha value is -2.12. The minimum absolute atomic E-state index is 0.324. The zero-order valence-electron chi connectivity index (χ0n) is 8.02. The van der Waals surface area contributed by atoms with E-state index in [0.29, 0.717) is 4.90 Å². The maximum absolute atomic E-state index is 11.4. The molecule has 8 heteroatoms. The van der Waals surface area contributed by atoms with E-state index in [1.807, 2.05) is 5.32 Å². The monoisotopic (exact) mass is 215 g/mol. The number of hydrogen-bond donors (Lipinski definition) is 3. The summed E-state index contributed by atoms with van der Waals surface area (Å²) in [6, 6.07) is -1.01. The lowest BCUT2D eigenvalue weighted by Crippen LogP contribution is -2.48. The normalized spacial score (nSPS) is 11.3. The first-order chi connectivity index (χ1) is 6.91. The van der Waals surface area contributed by atoms with Gasteiger partial charge in [-0.05, 0) is 0 Å². The van der Waals surface area contributed by atoms with Crippen molar-refractivity contribution in [1.29, 1.82) is 0 Å². The summed E-state index contributed by atoms with van der Waals surface area (Å²) in [6.07, 6.45) is 1.28. The van der Waals surface area contributed by atoms with E-state index in [-0.39, 0.29) is 6.54 Å². The number of carbonyl (C=O) groups excluding carboxylic acids is 4. The zero-order chi connectivity index (χ0) is 12.0. The number of amides is 5. The van der Waals surface area contributed by atoms with Crippen molar-refractivity contribution < 1.29 is 19.2 Å². The summed E-state index contributed by atoms with van der Waals surface area (Å²) in [5.74, 6) is -3.17. The van der Waals surface area contributed by atoms with Gasteiger partial charge < -0.3 is 16.8 Å². The summed E-state index contributed by atoms with van der Waals surface area (Å²) < 4.78 is 0. The molecule has 1 radical (unpaired) electrons. The Bertz CT molecular complexity index is 291. The fourth-order valence-corrected chi connectivity index (χ4v) is 0.796. The SMILES string of the molecule is CN(C(N)=O)C(=O)C(CN[C]=O)C(N)=O. The molecule has 0 aromatic carbocycles. The van der Waals surface area contributed by atoms with Gasteiger partial charge in [-0.25, -0.2) is 4.79 Å². The van der Waals surface area contributed by atoms with Gasteiger partial charge in [0.25, 0.3) is 0 Å². The van der Waals surface area contributed by atoms with Gasteiger partial charge in [-0.1, -0.05) is 0 Å². The number of nitrogens with zero attached hydrogens (tertiary/aromatic N) is 1. The van der Waals surface area contributed by atoms with Gasteiger partial charge in [-0.2, -0.15) is 0 Å². The molecule has 0 rings (SSSR count). The second-order valence-corrected chi connectivity index (χ2v) is 2.67. The molecular formula is C7H11N4O4. The smallest absolute Gasteiger partial charge is 0.321 e. The summed E-state index contributed by atoms with van der Waals surface area (Å²) in [7, 11) is 1.10. The highest BCUT2D eigenvalue weighted by atomic mass is 16.2. The van der Waals surface area contributed by atoms with Crippen molar-refractivity contribution in [2.75, 3.05) is 13.6 Å². The van der Waals surface area contributed by atoms with Gasteiger partial charge in [0.15, 0.2) is 0 Å². The average molecular weight is 215 g/mol. The molecular weight excluding hydrogens is 204 g/mol. The highest BCUT2D eigenvalue weighted by molar-refractivity contribution is 6.05. The Morgan fingerprint density at radius 3 is 2.27 bits per heavy atom. The molecule has 0 aliphatic carbocycles. The summed E-state index contributed by atoms with van der Waals surface area (Å²) in [6.45, 7) is -0.324. The second kappa shape index (κ2) is 5.58. The van der Waals surface area contributed by atoms with E-state index in [4.69, 9.17) is 11.5 Å². The van der Waals surface area contributed by atoms with E-state index in [1.165, 1.54) is 6.41 Å². The number of hydrogen-bond acceptors (Lipinski definition) is 4. The van der Waals surface area contributed by atoms with E-state index in [9.17, 15) is 19.2 Å². The zero-order valence-corrected chi connectivity index (χ0v) is 8.02. The molecule has 1 unspecified atom stereocenters. The van der Waals surface area contributed by atoms with Crippen molar-refractivity contribution in [3.8, 4) is 0 Å². The van der Waals surface area contributed by atoms with Crippen molar-refractivity contribution in [3.63, 3.8) is 0 Å². The Kier molecular flexibility index (Phi) is 4.79. The van der Waals surface area contributed by atoms with Crippen LogP contribution < -0.4 is 16.8 Å². The number of primary amides is 2. The lowest BCUT2D eigenvalue weighted by Gasteiger charge is -2.17. The quantitative estimate of drug-likeness (QED) is 0.339. The molecule has 0 fully saturated rings. The van der Waals surface area contributed by atoms with Crippen LogP contribution in [0, 0.1) is 5.92 Å². The summed E-state index contributed by atoms with van der Waals surface area (Å²) >= 11 is 0. The third kappa shape index (κ3) is 3.63. The largest absolute Gasteiger partial charge is 0.369 e. The maximum Gasteiger partial charge on any atom is 0.321 e.